The summed E-state index contributed by atoms with van der Waals surface area (Å²) in [6, 6.07) is 5.91. The molecule has 3 heteroatoms. The average Bonchev–Trinajstić information content (AvgIpc) is 2.60. The zero-order valence-corrected chi connectivity index (χ0v) is 9.16. The molecule has 0 atom stereocenters. The Balaban J connectivity index is 2.55. The minimum atomic E-state index is 0.417. The van der Waals surface area contributed by atoms with Crippen molar-refractivity contribution < 1.29 is 4.52 Å². The minimum Gasteiger partial charge on any atom is -0.381 e. The fraction of sp³-hybridized carbons (Fsp3) is 0.250. The van der Waals surface area contributed by atoms with E-state index < -0.39 is 0 Å². The lowest BCUT2D eigenvalue weighted by atomic mass is 9.99. The SMILES string of the molecule is Cc1cc(-c2cc(N)no2)cc(C)c1C. The van der Waals surface area contributed by atoms with Gasteiger partial charge in [-0.2, -0.15) is 0 Å². The second kappa shape index (κ2) is 3.42. The highest BCUT2D eigenvalue weighted by atomic mass is 16.5. The van der Waals surface area contributed by atoms with Gasteiger partial charge in [-0.25, -0.2) is 0 Å². The Kier molecular flexibility index (Phi) is 2.23. The van der Waals surface area contributed by atoms with Gasteiger partial charge in [-0.15, -0.1) is 0 Å². The van der Waals surface area contributed by atoms with Crippen molar-refractivity contribution in [3.8, 4) is 11.3 Å². The highest BCUT2D eigenvalue weighted by molar-refractivity contribution is 5.63. The van der Waals surface area contributed by atoms with Crippen molar-refractivity contribution in [3.63, 3.8) is 0 Å². The Labute approximate surface area is 88.9 Å². The molecule has 0 unspecified atom stereocenters. The first-order chi connectivity index (χ1) is 7.08. The van der Waals surface area contributed by atoms with Crippen LogP contribution in [0.1, 0.15) is 16.7 Å². The van der Waals surface area contributed by atoms with E-state index in [-0.39, 0.29) is 0 Å². The molecule has 0 aliphatic rings. The number of benzene rings is 1. The van der Waals surface area contributed by atoms with E-state index in [4.69, 9.17) is 10.3 Å². The summed E-state index contributed by atoms with van der Waals surface area (Å²) in [5.41, 5.74) is 10.4. The van der Waals surface area contributed by atoms with Crippen molar-refractivity contribution in [1.29, 1.82) is 0 Å². The van der Waals surface area contributed by atoms with Gasteiger partial charge in [0, 0.05) is 11.6 Å². The first-order valence-electron chi connectivity index (χ1n) is 4.88. The molecule has 15 heavy (non-hydrogen) atoms. The minimum absolute atomic E-state index is 0.417. The summed E-state index contributed by atoms with van der Waals surface area (Å²) in [4.78, 5) is 0. The van der Waals surface area contributed by atoms with E-state index in [0.29, 0.717) is 5.82 Å². The molecule has 0 fully saturated rings. The zero-order valence-electron chi connectivity index (χ0n) is 9.16. The standard InChI is InChI=1S/C12H14N2O/c1-7-4-10(5-8(2)9(7)3)11-6-12(13)14-15-11/h4-6H,1-3H3,(H2,13,14). The molecule has 1 heterocycles. The topological polar surface area (TPSA) is 52.0 Å². The molecule has 3 nitrogen and oxygen atoms in total. The summed E-state index contributed by atoms with van der Waals surface area (Å²) >= 11 is 0. The summed E-state index contributed by atoms with van der Waals surface area (Å²) in [7, 11) is 0. The van der Waals surface area contributed by atoms with Crippen LogP contribution in [0, 0.1) is 20.8 Å². The molecule has 1 aromatic carbocycles. The van der Waals surface area contributed by atoms with Crippen molar-refractivity contribution in [3.05, 3.63) is 34.9 Å². The number of nitrogens with zero attached hydrogens (tertiary/aromatic N) is 1. The predicted molar refractivity (Wildman–Crippen MR) is 60.6 cm³/mol. The van der Waals surface area contributed by atoms with Crippen molar-refractivity contribution >= 4 is 5.82 Å². The van der Waals surface area contributed by atoms with E-state index >= 15 is 0 Å². The van der Waals surface area contributed by atoms with Crippen molar-refractivity contribution in [2.45, 2.75) is 20.8 Å². The number of anilines is 1. The lowest BCUT2D eigenvalue weighted by molar-refractivity contribution is 0.436. The Hall–Kier alpha value is -1.77. The van der Waals surface area contributed by atoms with Crippen molar-refractivity contribution in [1.82, 2.24) is 5.16 Å². The molecular weight excluding hydrogens is 188 g/mol. The molecule has 0 aliphatic heterocycles. The normalized spacial score (nSPS) is 10.6. The largest absolute Gasteiger partial charge is 0.381 e. The molecule has 0 saturated carbocycles. The molecule has 78 valence electrons. The van der Waals surface area contributed by atoms with E-state index in [1.165, 1.54) is 16.7 Å². The quantitative estimate of drug-likeness (QED) is 0.773. The third-order valence-electron chi connectivity index (χ3n) is 2.74. The molecule has 0 radical (unpaired) electrons. The Morgan fingerprint density at radius 2 is 1.67 bits per heavy atom. The van der Waals surface area contributed by atoms with Gasteiger partial charge < -0.3 is 10.3 Å². The highest BCUT2D eigenvalue weighted by Gasteiger charge is 2.07. The lowest BCUT2D eigenvalue weighted by Gasteiger charge is -2.06. The van der Waals surface area contributed by atoms with E-state index in [9.17, 15) is 0 Å². The number of aryl methyl sites for hydroxylation is 2. The smallest absolute Gasteiger partial charge is 0.169 e. The number of rotatable bonds is 1. The summed E-state index contributed by atoms with van der Waals surface area (Å²) in [6.07, 6.45) is 0. The van der Waals surface area contributed by atoms with Gasteiger partial charge in [-0.3, -0.25) is 0 Å². The van der Waals surface area contributed by atoms with E-state index in [0.717, 1.165) is 11.3 Å². The first kappa shape index (κ1) is 9.77. The predicted octanol–water partition coefficient (Wildman–Crippen LogP) is 2.85. The van der Waals surface area contributed by atoms with Crippen LogP contribution in [0.3, 0.4) is 0 Å². The average molecular weight is 202 g/mol. The van der Waals surface area contributed by atoms with Gasteiger partial charge in [-0.1, -0.05) is 5.16 Å². The number of aromatic nitrogens is 1. The zero-order chi connectivity index (χ0) is 11.0. The van der Waals surface area contributed by atoms with E-state index in [1.54, 1.807) is 6.07 Å². The summed E-state index contributed by atoms with van der Waals surface area (Å²) in [5.74, 6) is 1.14. The van der Waals surface area contributed by atoms with Gasteiger partial charge in [0.1, 0.15) is 0 Å². The number of nitrogen functional groups attached to an aromatic ring is 1. The molecule has 1 aromatic heterocycles. The molecule has 2 rings (SSSR count). The van der Waals surface area contributed by atoms with Crippen LogP contribution in [0.5, 0.6) is 0 Å². The van der Waals surface area contributed by atoms with Crippen LogP contribution < -0.4 is 5.73 Å². The van der Waals surface area contributed by atoms with E-state index in [2.05, 4.69) is 38.1 Å². The third kappa shape index (κ3) is 1.73. The number of hydrogen-bond acceptors (Lipinski definition) is 3. The van der Waals surface area contributed by atoms with Crippen LogP contribution in [0.15, 0.2) is 22.7 Å². The maximum Gasteiger partial charge on any atom is 0.169 e. The monoisotopic (exact) mass is 202 g/mol. The van der Waals surface area contributed by atoms with Gasteiger partial charge in [0.05, 0.1) is 0 Å². The second-order valence-corrected chi connectivity index (χ2v) is 3.85. The van der Waals surface area contributed by atoms with Crippen LogP contribution in [0.25, 0.3) is 11.3 Å². The molecular formula is C12H14N2O. The molecule has 0 amide bonds. The van der Waals surface area contributed by atoms with Crippen LogP contribution in [-0.4, -0.2) is 5.16 Å². The summed E-state index contributed by atoms with van der Waals surface area (Å²) < 4.78 is 5.13. The molecule has 0 spiro atoms. The molecule has 0 saturated heterocycles. The van der Waals surface area contributed by atoms with Gasteiger partial charge in [0.15, 0.2) is 11.6 Å². The molecule has 0 aliphatic carbocycles. The van der Waals surface area contributed by atoms with Gasteiger partial charge in [0.2, 0.25) is 0 Å². The van der Waals surface area contributed by atoms with Crippen LogP contribution in [0.2, 0.25) is 0 Å². The maximum atomic E-state index is 5.52. The van der Waals surface area contributed by atoms with Crippen molar-refractivity contribution in [2.75, 3.05) is 5.73 Å². The van der Waals surface area contributed by atoms with Crippen LogP contribution >= 0.6 is 0 Å². The van der Waals surface area contributed by atoms with Crippen molar-refractivity contribution in [2.24, 2.45) is 0 Å². The molecule has 2 N–H and O–H groups in total. The maximum absolute atomic E-state index is 5.52. The van der Waals surface area contributed by atoms with Crippen LogP contribution in [0.4, 0.5) is 5.82 Å². The highest BCUT2D eigenvalue weighted by Crippen LogP contribution is 2.25. The molecule has 0 bridgehead atoms. The first-order valence-corrected chi connectivity index (χ1v) is 4.88. The Bertz CT molecular complexity index is 477. The summed E-state index contributed by atoms with van der Waals surface area (Å²) in [5, 5.41) is 3.68. The summed E-state index contributed by atoms with van der Waals surface area (Å²) in [6.45, 7) is 6.29. The Morgan fingerprint density at radius 3 is 2.13 bits per heavy atom. The van der Waals surface area contributed by atoms with Gasteiger partial charge in [-0.05, 0) is 49.6 Å². The Morgan fingerprint density at radius 1 is 1.07 bits per heavy atom. The number of nitrogens with two attached hydrogens (primary N) is 1. The third-order valence-corrected chi connectivity index (χ3v) is 2.74. The van der Waals surface area contributed by atoms with Gasteiger partial charge >= 0.3 is 0 Å². The lowest BCUT2D eigenvalue weighted by Crippen LogP contribution is -1.87. The van der Waals surface area contributed by atoms with Crippen LogP contribution in [-0.2, 0) is 0 Å². The number of hydrogen-bond donors (Lipinski definition) is 1. The van der Waals surface area contributed by atoms with Gasteiger partial charge in [0.25, 0.3) is 0 Å². The second-order valence-electron chi connectivity index (χ2n) is 3.85. The van der Waals surface area contributed by atoms with E-state index in [1.807, 2.05) is 0 Å². The molecule has 2 aromatic rings. The fourth-order valence-corrected chi connectivity index (χ4v) is 1.60. The fourth-order valence-electron chi connectivity index (χ4n) is 1.60.